The van der Waals surface area contributed by atoms with Crippen LogP contribution < -0.4 is 16.2 Å². The molecule has 0 saturated carbocycles. The third-order valence-corrected chi connectivity index (χ3v) is 2.53. The van der Waals surface area contributed by atoms with Gasteiger partial charge in [0.15, 0.2) is 0 Å². The summed E-state index contributed by atoms with van der Waals surface area (Å²) in [6.07, 6.45) is 0. The molecule has 18 heavy (non-hydrogen) atoms. The molecule has 4 N–H and O–H groups in total. The molecule has 1 aromatic heterocycles. The number of carbonyl (C=O) groups excluding carboxylic acids is 1. The van der Waals surface area contributed by atoms with Crippen molar-refractivity contribution in [3.05, 3.63) is 42.0 Å². The molecule has 1 amide bonds. The average Bonchev–Trinajstić information content (AvgIpc) is 2.38. The molecule has 0 atom stereocenters. The molecule has 5 heteroatoms. The Labute approximate surface area is 104 Å². The Morgan fingerprint density at radius 3 is 2.50 bits per heavy atom. The van der Waals surface area contributed by atoms with Gasteiger partial charge in [0.25, 0.3) is 5.91 Å². The van der Waals surface area contributed by atoms with Gasteiger partial charge in [-0.2, -0.15) is 0 Å². The molecule has 0 spiro atoms. The van der Waals surface area contributed by atoms with Crippen molar-refractivity contribution in [2.45, 2.75) is 0 Å². The van der Waals surface area contributed by atoms with Gasteiger partial charge < -0.3 is 16.2 Å². The maximum Gasteiger partial charge on any atom is 0.256 e. The smallest absolute Gasteiger partial charge is 0.256 e. The van der Waals surface area contributed by atoms with Gasteiger partial charge in [-0.25, -0.2) is 4.98 Å². The van der Waals surface area contributed by atoms with Crippen LogP contribution in [-0.4, -0.2) is 18.0 Å². The van der Waals surface area contributed by atoms with E-state index >= 15 is 0 Å². The first kappa shape index (κ1) is 11.9. The largest absolute Gasteiger partial charge is 0.480 e. The molecule has 0 bridgehead atoms. The minimum absolute atomic E-state index is 0.109. The van der Waals surface area contributed by atoms with Crippen LogP contribution in [0.15, 0.2) is 36.4 Å². The maximum absolute atomic E-state index is 11.3. The molecular formula is C13H13N3O2. The topological polar surface area (TPSA) is 91.2 Å². The summed E-state index contributed by atoms with van der Waals surface area (Å²) in [5.41, 5.74) is 12.9. The second-order valence-electron chi connectivity index (χ2n) is 3.71. The van der Waals surface area contributed by atoms with Crippen molar-refractivity contribution in [2.24, 2.45) is 5.73 Å². The van der Waals surface area contributed by atoms with Gasteiger partial charge in [0, 0.05) is 5.56 Å². The number of nitrogen functional groups attached to an aromatic ring is 1. The van der Waals surface area contributed by atoms with Gasteiger partial charge >= 0.3 is 0 Å². The second kappa shape index (κ2) is 4.75. The minimum Gasteiger partial charge on any atom is -0.480 e. The van der Waals surface area contributed by atoms with E-state index in [1.165, 1.54) is 7.11 Å². The minimum atomic E-state index is -0.656. The number of amides is 1. The third kappa shape index (κ3) is 2.10. The molecule has 1 aromatic carbocycles. The molecule has 0 aliphatic carbocycles. The number of primary amides is 1. The lowest BCUT2D eigenvalue weighted by Gasteiger charge is -2.10. The summed E-state index contributed by atoms with van der Waals surface area (Å²) in [7, 11) is 1.42. The Morgan fingerprint density at radius 2 is 1.94 bits per heavy atom. The van der Waals surface area contributed by atoms with Crippen LogP contribution in [0.2, 0.25) is 0 Å². The highest BCUT2D eigenvalue weighted by molar-refractivity contribution is 6.00. The molecule has 0 aliphatic heterocycles. The molecule has 2 aromatic rings. The SMILES string of the molecule is COc1nc(-c2ccccc2)cc(N)c1C(N)=O. The number of hydrogen-bond acceptors (Lipinski definition) is 4. The lowest BCUT2D eigenvalue weighted by Crippen LogP contribution is -2.16. The van der Waals surface area contributed by atoms with Crippen molar-refractivity contribution < 1.29 is 9.53 Å². The van der Waals surface area contributed by atoms with Crippen LogP contribution >= 0.6 is 0 Å². The Bertz CT molecular complexity index is 582. The highest BCUT2D eigenvalue weighted by Crippen LogP contribution is 2.28. The molecule has 0 fully saturated rings. The number of nitrogens with zero attached hydrogens (tertiary/aromatic N) is 1. The van der Waals surface area contributed by atoms with Gasteiger partial charge in [0.2, 0.25) is 5.88 Å². The van der Waals surface area contributed by atoms with E-state index in [-0.39, 0.29) is 17.1 Å². The van der Waals surface area contributed by atoms with Gasteiger partial charge in [-0.05, 0) is 6.07 Å². The van der Waals surface area contributed by atoms with E-state index < -0.39 is 5.91 Å². The fourth-order valence-corrected chi connectivity index (χ4v) is 1.69. The van der Waals surface area contributed by atoms with E-state index in [0.717, 1.165) is 5.56 Å². The van der Waals surface area contributed by atoms with Crippen molar-refractivity contribution in [1.29, 1.82) is 0 Å². The lowest BCUT2D eigenvalue weighted by atomic mass is 10.1. The highest BCUT2D eigenvalue weighted by Gasteiger charge is 2.16. The van der Waals surface area contributed by atoms with Gasteiger partial charge in [-0.15, -0.1) is 0 Å². The molecule has 1 heterocycles. The van der Waals surface area contributed by atoms with Crippen LogP contribution in [0.1, 0.15) is 10.4 Å². The van der Waals surface area contributed by atoms with Crippen molar-refractivity contribution in [3.63, 3.8) is 0 Å². The normalized spacial score (nSPS) is 10.1. The number of ether oxygens (including phenoxy) is 1. The van der Waals surface area contributed by atoms with Crippen LogP contribution in [0.5, 0.6) is 5.88 Å². The van der Waals surface area contributed by atoms with Crippen LogP contribution in [0, 0.1) is 0 Å². The fourth-order valence-electron chi connectivity index (χ4n) is 1.69. The number of aromatic nitrogens is 1. The van der Waals surface area contributed by atoms with Gasteiger partial charge in [-0.1, -0.05) is 30.3 Å². The van der Waals surface area contributed by atoms with E-state index in [4.69, 9.17) is 16.2 Å². The molecule has 92 valence electrons. The molecule has 0 aliphatic rings. The number of rotatable bonds is 3. The lowest BCUT2D eigenvalue weighted by molar-refractivity contribution is 0.0997. The zero-order valence-corrected chi connectivity index (χ0v) is 9.88. The standard InChI is InChI=1S/C13H13N3O2/c1-18-13-11(12(15)17)9(14)7-10(16-13)8-5-3-2-4-6-8/h2-7H,1H3,(H2,14,16)(H2,15,17). The van der Waals surface area contributed by atoms with Crippen molar-refractivity contribution in [1.82, 2.24) is 4.98 Å². The van der Waals surface area contributed by atoms with Crippen molar-refractivity contribution in [2.75, 3.05) is 12.8 Å². The van der Waals surface area contributed by atoms with E-state index in [2.05, 4.69) is 4.98 Å². The van der Waals surface area contributed by atoms with Crippen LogP contribution in [-0.2, 0) is 0 Å². The monoisotopic (exact) mass is 243 g/mol. The fraction of sp³-hybridized carbons (Fsp3) is 0.0769. The Kier molecular flexibility index (Phi) is 3.14. The van der Waals surface area contributed by atoms with E-state index in [1.54, 1.807) is 6.07 Å². The van der Waals surface area contributed by atoms with Gasteiger partial charge in [0.05, 0.1) is 18.5 Å². The van der Waals surface area contributed by atoms with E-state index in [1.807, 2.05) is 30.3 Å². The first-order valence-electron chi connectivity index (χ1n) is 5.33. The summed E-state index contributed by atoms with van der Waals surface area (Å²) in [6.45, 7) is 0. The first-order chi connectivity index (χ1) is 8.63. The number of carbonyl (C=O) groups is 1. The summed E-state index contributed by atoms with van der Waals surface area (Å²) in [4.78, 5) is 15.5. The summed E-state index contributed by atoms with van der Waals surface area (Å²) >= 11 is 0. The first-order valence-corrected chi connectivity index (χ1v) is 5.33. The Hall–Kier alpha value is -2.56. The summed E-state index contributed by atoms with van der Waals surface area (Å²) in [5.74, 6) is -0.516. The number of benzene rings is 1. The van der Waals surface area contributed by atoms with Crippen molar-refractivity contribution in [3.8, 4) is 17.1 Å². The molecule has 5 nitrogen and oxygen atoms in total. The van der Waals surface area contributed by atoms with Crippen LogP contribution in [0.3, 0.4) is 0 Å². The quantitative estimate of drug-likeness (QED) is 0.853. The zero-order chi connectivity index (χ0) is 13.1. The number of nitrogens with two attached hydrogens (primary N) is 2. The van der Waals surface area contributed by atoms with Crippen LogP contribution in [0.25, 0.3) is 11.3 Å². The summed E-state index contributed by atoms with van der Waals surface area (Å²) in [5, 5.41) is 0. The van der Waals surface area contributed by atoms with Crippen LogP contribution in [0.4, 0.5) is 5.69 Å². The predicted octanol–water partition coefficient (Wildman–Crippen LogP) is 1.44. The van der Waals surface area contributed by atoms with Gasteiger partial charge in [0.1, 0.15) is 5.56 Å². The predicted molar refractivity (Wildman–Crippen MR) is 69.2 cm³/mol. The summed E-state index contributed by atoms with van der Waals surface area (Å²) < 4.78 is 5.06. The zero-order valence-electron chi connectivity index (χ0n) is 9.88. The Balaban J connectivity index is 2.60. The number of anilines is 1. The molecule has 0 unspecified atom stereocenters. The molecule has 2 rings (SSSR count). The van der Waals surface area contributed by atoms with E-state index in [9.17, 15) is 4.79 Å². The highest BCUT2D eigenvalue weighted by atomic mass is 16.5. The molecule has 0 saturated heterocycles. The second-order valence-corrected chi connectivity index (χ2v) is 3.71. The average molecular weight is 243 g/mol. The maximum atomic E-state index is 11.3. The molecular weight excluding hydrogens is 230 g/mol. The number of pyridine rings is 1. The van der Waals surface area contributed by atoms with E-state index in [0.29, 0.717) is 5.69 Å². The van der Waals surface area contributed by atoms with Gasteiger partial charge in [-0.3, -0.25) is 4.79 Å². The number of methoxy groups -OCH3 is 1. The molecule has 0 radical (unpaired) electrons. The number of hydrogen-bond donors (Lipinski definition) is 2. The Morgan fingerprint density at radius 1 is 1.28 bits per heavy atom. The third-order valence-electron chi connectivity index (χ3n) is 2.53. The van der Waals surface area contributed by atoms with Crippen molar-refractivity contribution >= 4 is 11.6 Å². The summed E-state index contributed by atoms with van der Waals surface area (Å²) in [6, 6.07) is 11.1.